The second kappa shape index (κ2) is 12.2. The van der Waals surface area contributed by atoms with Gasteiger partial charge in [-0.15, -0.1) is 0 Å². The molecule has 11 heteroatoms. The molecule has 6 rings (SSSR count). The van der Waals surface area contributed by atoms with Crippen molar-refractivity contribution in [1.82, 2.24) is 9.97 Å². The van der Waals surface area contributed by atoms with Crippen LogP contribution in [0, 0.1) is 0 Å². The smallest absolute Gasteiger partial charge is 0.153 e. The fraction of sp³-hybridized carbons (Fsp3) is 0.432. The Hall–Kier alpha value is -3.83. The van der Waals surface area contributed by atoms with Crippen LogP contribution in [-0.4, -0.2) is 81.1 Å². The summed E-state index contributed by atoms with van der Waals surface area (Å²) in [5, 5.41) is 11.4. The average Bonchev–Trinajstić information content (AvgIpc) is 3.46. The molecule has 2 saturated heterocycles. The third-order valence-electron chi connectivity index (χ3n) is 9.42. The van der Waals surface area contributed by atoms with Crippen LogP contribution < -0.4 is 9.80 Å². The summed E-state index contributed by atoms with van der Waals surface area (Å²) in [5.41, 5.74) is 7.41. The van der Waals surface area contributed by atoms with Crippen molar-refractivity contribution in [3.8, 4) is 39.7 Å². The van der Waals surface area contributed by atoms with E-state index in [1.165, 1.54) is 0 Å². The summed E-state index contributed by atoms with van der Waals surface area (Å²) in [6.07, 6.45) is 0. The molecule has 2 fully saturated rings. The number of phenolic OH excluding ortho intramolecular Hbond substituents is 1. The number of nitrogens with zero attached hydrogens (tertiary/aromatic N) is 3. The lowest BCUT2D eigenvalue weighted by Crippen LogP contribution is -2.40. The first-order valence-electron chi connectivity index (χ1n) is 16.5. The normalized spacial score (nSPS) is 18.2. The van der Waals surface area contributed by atoms with E-state index in [2.05, 4.69) is 56.3 Å². The number of rotatable bonds is 5. The van der Waals surface area contributed by atoms with Gasteiger partial charge < -0.3 is 19.9 Å². The van der Waals surface area contributed by atoms with Crippen molar-refractivity contribution in [1.29, 1.82) is 0 Å². The Morgan fingerprint density at radius 3 is 1.42 bits per heavy atom. The van der Waals surface area contributed by atoms with Crippen LogP contribution in [-0.2, 0) is 30.5 Å². The van der Waals surface area contributed by atoms with Gasteiger partial charge in [-0.25, -0.2) is 21.8 Å². The van der Waals surface area contributed by atoms with E-state index in [9.17, 15) is 21.9 Å². The zero-order valence-electron chi connectivity index (χ0n) is 28.7. The molecule has 0 unspecified atom stereocenters. The Bertz CT molecular complexity index is 1870. The van der Waals surface area contributed by atoms with Gasteiger partial charge in [0, 0.05) is 65.4 Å². The van der Waals surface area contributed by atoms with E-state index in [0.29, 0.717) is 37.8 Å². The summed E-state index contributed by atoms with van der Waals surface area (Å²) in [4.78, 5) is 13.0. The van der Waals surface area contributed by atoms with Crippen molar-refractivity contribution in [3.05, 3.63) is 71.8 Å². The van der Waals surface area contributed by atoms with Crippen molar-refractivity contribution in [2.24, 2.45) is 0 Å². The van der Waals surface area contributed by atoms with Gasteiger partial charge in [0.05, 0.1) is 34.4 Å². The molecule has 0 amide bonds. The molecule has 0 radical (unpaired) electrons. The number of hydrogen-bond donors (Lipinski definition) is 2. The Kier molecular flexibility index (Phi) is 8.69. The van der Waals surface area contributed by atoms with E-state index in [0.717, 1.165) is 50.6 Å². The van der Waals surface area contributed by atoms with Gasteiger partial charge in [0.1, 0.15) is 11.6 Å². The quantitative estimate of drug-likeness (QED) is 0.255. The summed E-state index contributed by atoms with van der Waals surface area (Å²) in [6, 6.07) is 20.3. The van der Waals surface area contributed by atoms with Gasteiger partial charge in [-0.1, -0.05) is 65.8 Å². The standard InChI is InChI=1S/C37H46N4O5S2/c1-36(2,3)30-23-27(24-31(34(30)42)37(4,5)6)35-38-32(25-7-11-28(12-8-25)40-15-19-47(43,44)20-16-40)33(39-35)26-9-13-29(14-10-26)41-17-21-48(45,46)22-18-41/h7-14,23-24,42H,15-22H2,1-6H3,(H,38,39). The third kappa shape index (κ3) is 7.12. The molecule has 48 heavy (non-hydrogen) atoms. The molecule has 256 valence electrons. The minimum atomic E-state index is -2.98. The number of nitrogens with one attached hydrogen (secondary N) is 1. The number of phenols is 1. The Balaban J connectivity index is 1.43. The fourth-order valence-electron chi connectivity index (χ4n) is 6.45. The highest BCUT2D eigenvalue weighted by atomic mass is 32.2. The molecule has 1 aromatic heterocycles. The maximum atomic E-state index is 12.0. The molecule has 9 nitrogen and oxygen atoms in total. The lowest BCUT2D eigenvalue weighted by Gasteiger charge is -2.29. The van der Waals surface area contributed by atoms with Gasteiger partial charge in [0.15, 0.2) is 19.7 Å². The zero-order chi connectivity index (χ0) is 34.6. The Morgan fingerprint density at radius 1 is 0.625 bits per heavy atom. The number of benzene rings is 3. The molecule has 0 bridgehead atoms. The van der Waals surface area contributed by atoms with E-state index in [1.807, 2.05) is 60.7 Å². The molecular weight excluding hydrogens is 645 g/mol. The maximum Gasteiger partial charge on any atom is 0.153 e. The van der Waals surface area contributed by atoms with Crippen LogP contribution >= 0.6 is 0 Å². The second-order valence-corrected chi connectivity index (χ2v) is 19.7. The number of imidazole rings is 1. The summed E-state index contributed by atoms with van der Waals surface area (Å²) < 4.78 is 47.9. The number of sulfone groups is 2. The first-order chi connectivity index (χ1) is 22.4. The lowest BCUT2D eigenvalue weighted by molar-refractivity contribution is 0.423. The van der Waals surface area contributed by atoms with E-state index in [4.69, 9.17) is 4.98 Å². The highest BCUT2D eigenvalue weighted by Gasteiger charge is 2.29. The molecule has 0 atom stereocenters. The SMILES string of the molecule is CC(C)(C)c1cc(-c2nc(-c3ccc(N4CCS(=O)(=O)CC4)cc3)c(-c3ccc(N4CCS(=O)(=O)CC4)cc3)[nH]2)cc(C(C)(C)C)c1O. The topological polar surface area (TPSA) is 124 Å². The van der Waals surface area contributed by atoms with E-state index >= 15 is 0 Å². The monoisotopic (exact) mass is 690 g/mol. The molecule has 0 saturated carbocycles. The fourth-order valence-corrected chi connectivity index (χ4v) is 8.86. The average molecular weight is 691 g/mol. The van der Waals surface area contributed by atoms with Gasteiger partial charge in [0.25, 0.3) is 0 Å². The predicted molar refractivity (Wildman–Crippen MR) is 196 cm³/mol. The van der Waals surface area contributed by atoms with E-state index in [1.54, 1.807) is 0 Å². The van der Waals surface area contributed by atoms with Crippen molar-refractivity contribution >= 4 is 31.0 Å². The van der Waals surface area contributed by atoms with Crippen molar-refractivity contribution in [2.45, 2.75) is 52.4 Å². The summed E-state index contributed by atoms with van der Waals surface area (Å²) in [7, 11) is -5.96. The molecule has 3 heterocycles. The third-order valence-corrected chi connectivity index (χ3v) is 12.6. The summed E-state index contributed by atoms with van der Waals surface area (Å²) in [6.45, 7) is 14.5. The van der Waals surface area contributed by atoms with Crippen LogP contribution in [0.25, 0.3) is 33.9 Å². The molecule has 0 aliphatic carbocycles. The molecule has 0 spiro atoms. The number of aromatic hydroxyl groups is 1. The number of anilines is 2. The minimum Gasteiger partial charge on any atom is -0.507 e. The van der Waals surface area contributed by atoms with Gasteiger partial charge in [-0.2, -0.15) is 0 Å². The van der Waals surface area contributed by atoms with Crippen LogP contribution in [0.4, 0.5) is 11.4 Å². The molecule has 2 aliphatic rings. The number of aromatic nitrogens is 2. The van der Waals surface area contributed by atoms with Gasteiger partial charge >= 0.3 is 0 Å². The Morgan fingerprint density at radius 2 is 1.02 bits per heavy atom. The number of H-pyrrole nitrogens is 1. The van der Waals surface area contributed by atoms with Crippen molar-refractivity contribution < 1.29 is 21.9 Å². The molecule has 2 N–H and O–H groups in total. The highest BCUT2D eigenvalue weighted by Crippen LogP contribution is 2.43. The first kappa shape index (κ1) is 34.0. The molecule has 4 aromatic rings. The maximum absolute atomic E-state index is 12.0. The van der Waals surface area contributed by atoms with Crippen LogP contribution in [0.15, 0.2) is 60.7 Å². The summed E-state index contributed by atoms with van der Waals surface area (Å²) >= 11 is 0. The van der Waals surface area contributed by atoms with E-state index in [-0.39, 0.29) is 33.8 Å². The predicted octanol–water partition coefficient (Wildman–Crippen LogP) is 6.18. The van der Waals surface area contributed by atoms with Gasteiger partial charge in [0.2, 0.25) is 0 Å². The van der Waals surface area contributed by atoms with Gasteiger partial charge in [-0.05, 0) is 47.2 Å². The number of hydrogen-bond acceptors (Lipinski definition) is 8. The summed E-state index contributed by atoms with van der Waals surface area (Å²) in [5.74, 6) is 1.63. The largest absolute Gasteiger partial charge is 0.507 e. The van der Waals surface area contributed by atoms with Crippen LogP contribution in [0.1, 0.15) is 52.7 Å². The zero-order valence-corrected chi connectivity index (χ0v) is 30.3. The van der Waals surface area contributed by atoms with E-state index < -0.39 is 19.7 Å². The number of aromatic amines is 1. The van der Waals surface area contributed by atoms with Crippen molar-refractivity contribution in [2.75, 3.05) is 59.0 Å². The highest BCUT2D eigenvalue weighted by molar-refractivity contribution is 7.91. The van der Waals surface area contributed by atoms with Crippen LogP contribution in [0.2, 0.25) is 0 Å². The van der Waals surface area contributed by atoms with Crippen LogP contribution in [0.3, 0.4) is 0 Å². The molecule has 2 aliphatic heterocycles. The van der Waals surface area contributed by atoms with Gasteiger partial charge in [-0.3, -0.25) is 0 Å². The molecular formula is C37H46N4O5S2. The second-order valence-electron chi connectivity index (χ2n) is 15.1. The molecule has 3 aromatic carbocycles. The minimum absolute atomic E-state index is 0.157. The van der Waals surface area contributed by atoms with Crippen LogP contribution in [0.5, 0.6) is 5.75 Å². The van der Waals surface area contributed by atoms with Crippen molar-refractivity contribution in [3.63, 3.8) is 0 Å². The lowest BCUT2D eigenvalue weighted by atomic mass is 9.78. The first-order valence-corrected chi connectivity index (χ1v) is 20.1. The Labute approximate surface area is 284 Å².